The molecule has 0 spiro atoms. The lowest BCUT2D eigenvalue weighted by molar-refractivity contribution is 0.0949. The first-order valence-electron chi connectivity index (χ1n) is 5.78. The minimum absolute atomic E-state index is 0.150. The molecule has 6 heteroatoms. The summed E-state index contributed by atoms with van der Waals surface area (Å²) < 4.78 is 0. The summed E-state index contributed by atoms with van der Waals surface area (Å²) in [4.78, 5) is 16.1. The zero-order chi connectivity index (χ0) is 13.5. The van der Waals surface area contributed by atoms with Crippen LogP contribution in [0.25, 0.3) is 0 Å². The van der Waals surface area contributed by atoms with Crippen molar-refractivity contribution in [2.45, 2.75) is 13.8 Å². The standard InChI is InChI=1S/C12H20N4OS/c1-8(7-18-3)5-15-12(17)10-6-14-9(2)4-11(10)16-13/h4,6,8H,5,7,13H2,1-3H3,(H,14,16)(H,15,17). The van der Waals surface area contributed by atoms with Crippen LogP contribution in [0.4, 0.5) is 5.69 Å². The quantitative estimate of drug-likeness (QED) is 0.537. The van der Waals surface area contributed by atoms with Crippen LogP contribution in [0.3, 0.4) is 0 Å². The number of nitrogens with zero attached hydrogens (tertiary/aromatic N) is 1. The summed E-state index contributed by atoms with van der Waals surface area (Å²) in [6.07, 6.45) is 3.59. The van der Waals surface area contributed by atoms with Crippen molar-refractivity contribution in [2.24, 2.45) is 11.8 Å². The van der Waals surface area contributed by atoms with Gasteiger partial charge in [0, 0.05) is 18.4 Å². The van der Waals surface area contributed by atoms with E-state index in [2.05, 4.69) is 28.9 Å². The fraction of sp³-hybridized carbons (Fsp3) is 0.500. The molecule has 1 amide bonds. The maximum atomic E-state index is 12.0. The van der Waals surface area contributed by atoms with Crippen molar-refractivity contribution >= 4 is 23.4 Å². The van der Waals surface area contributed by atoms with E-state index in [9.17, 15) is 4.79 Å². The molecule has 0 aliphatic rings. The lowest BCUT2D eigenvalue weighted by Gasteiger charge is -2.13. The first-order chi connectivity index (χ1) is 8.58. The van der Waals surface area contributed by atoms with Gasteiger partial charge in [-0.3, -0.25) is 15.6 Å². The van der Waals surface area contributed by atoms with Gasteiger partial charge in [0.2, 0.25) is 0 Å². The fourth-order valence-electron chi connectivity index (χ4n) is 1.57. The normalized spacial score (nSPS) is 12.0. The summed E-state index contributed by atoms with van der Waals surface area (Å²) in [5, 5.41) is 2.89. The Morgan fingerprint density at radius 1 is 1.61 bits per heavy atom. The van der Waals surface area contributed by atoms with Crippen molar-refractivity contribution in [3.63, 3.8) is 0 Å². The van der Waals surface area contributed by atoms with E-state index in [1.807, 2.05) is 6.92 Å². The van der Waals surface area contributed by atoms with Gasteiger partial charge in [0.25, 0.3) is 5.91 Å². The highest BCUT2D eigenvalue weighted by Gasteiger charge is 2.12. The van der Waals surface area contributed by atoms with Crippen LogP contribution in [-0.2, 0) is 0 Å². The number of thioether (sulfide) groups is 1. The van der Waals surface area contributed by atoms with Crippen LogP contribution in [-0.4, -0.2) is 29.4 Å². The maximum absolute atomic E-state index is 12.0. The second kappa shape index (κ2) is 7.23. The largest absolute Gasteiger partial charge is 0.352 e. The first-order valence-corrected chi connectivity index (χ1v) is 7.18. The Bertz CT molecular complexity index is 411. The summed E-state index contributed by atoms with van der Waals surface area (Å²) in [6.45, 7) is 4.60. The molecule has 0 aliphatic carbocycles. The third-order valence-electron chi connectivity index (χ3n) is 2.50. The average Bonchev–Trinajstić information content (AvgIpc) is 2.36. The number of anilines is 1. The predicted molar refractivity (Wildman–Crippen MR) is 76.7 cm³/mol. The summed E-state index contributed by atoms with van der Waals surface area (Å²) in [7, 11) is 0. The molecule has 0 aliphatic heterocycles. The zero-order valence-electron chi connectivity index (χ0n) is 11.0. The van der Waals surface area contributed by atoms with Crippen LogP contribution < -0.4 is 16.6 Å². The number of amides is 1. The van der Waals surface area contributed by atoms with E-state index in [-0.39, 0.29) is 5.91 Å². The Morgan fingerprint density at radius 3 is 2.94 bits per heavy atom. The van der Waals surface area contributed by atoms with Gasteiger partial charge in [-0.1, -0.05) is 6.92 Å². The first kappa shape index (κ1) is 14.8. The van der Waals surface area contributed by atoms with Crippen molar-refractivity contribution in [3.05, 3.63) is 23.5 Å². The van der Waals surface area contributed by atoms with E-state index >= 15 is 0 Å². The van der Waals surface area contributed by atoms with Crippen LogP contribution in [0.15, 0.2) is 12.3 Å². The number of aromatic nitrogens is 1. The molecule has 0 fully saturated rings. The number of nitrogens with one attached hydrogen (secondary N) is 2. The van der Waals surface area contributed by atoms with Gasteiger partial charge in [0.15, 0.2) is 0 Å². The summed E-state index contributed by atoms with van der Waals surface area (Å²) >= 11 is 1.77. The van der Waals surface area contributed by atoms with Crippen molar-refractivity contribution in [1.29, 1.82) is 0 Å². The van der Waals surface area contributed by atoms with Gasteiger partial charge in [-0.25, -0.2) is 0 Å². The molecule has 0 saturated heterocycles. The molecule has 1 atom stereocenters. The number of rotatable bonds is 6. The predicted octanol–water partition coefficient (Wildman–Crippen LogP) is 1.40. The van der Waals surface area contributed by atoms with Gasteiger partial charge in [0.1, 0.15) is 0 Å². The average molecular weight is 268 g/mol. The van der Waals surface area contributed by atoms with Crippen LogP contribution in [0.1, 0.15) is 23.0 Å². The number of hydrazine groups is 1. The SMILES string of the molecule is CSCC(C)CNC(=O)c1cnc(C)cc1NN. The maximum Gasteiger partial charge on any atom is 0.255 e. The van der Waals surface area contributed by atoms with Crippen LogP contribution in [0, 0.1) is 12.8 Å². The van der Waals surface area contributed by atoms with Crippen LogP contribution in [0.2, 0.25) is 0 Å². The highest BCUT2D eigenvalue weighted by Crippen LogP contribution is 2.14. The van der Waals surface area contributed by atoms with Gasteiger partial charge < -0.3 is 10.7 Å². The molecule has 18 heavy (non-hydrogen) atoms. The number of pyridine rings is 1. The van der Waals surface area contributed by atoms with Crippen LogP contribution in [0.5, 0.6) is 0 Å². The van der Waals surface area contributed by atoms with E-state index in [4.69, 9.17) is 5.84 Å². The fourth-order valence-corrected chi connectivity index (χ4v) is 2.25. The van der Waals surface area contributed by atoms with Crippen LogP contribution >= 0.6 is 11.8 Å². The minimum Gasteiger partial charge on any atom is -0.352 e. The van der Waals surface area contributed by atoms with Gasteiger partial charge in [-0.15, -0.1) is 0 Å². The molecule has 1 heterocycles. The zero-order valence-corrected chi connectivity index (χ0v) is 11.8. The minimum atomic E-state index is -0.150. The summed E-state index contributed by atoms with van der Waals surface area (Å²) in [6, 6.07) is 1.75. The molecule has 1 rings (SSSR count). The number of carbonyl (C=O) groups is 1. The highest BCUT2D eigenvalue weighted by molar-refractivity contribution is 7.98. The van der Waals surface area contributed by atoms with E-state index in [1.54, 1.807) is 24.0 Å². The lowest BCUT2D eigenvalue weighted by atomic mass is 10.2. The Labute approximate surface area is 112 Å². The molecule has 0 aromatic carbocycles. The van der Waals surface area contributed by atoms with Gasteiger partial charge in [-0.2, -0.15) is 11.8 Å². The molecule has 0 bridgehead atoms. The van der Waals surface area contributed by atoms with Gasteiger partial charge in [-0.05, 0) is 30.9 Å². The number of hydrogen-bond donors (Lipinski definition) is 3. The monoisotopic (exact) mass is 268 g/mol. The molecule has 0 radical (unpaired) electrons. The van der Waals surface area contributed by atoms with Gasteiger partial charge in [0.05, 0.1) is 11.3 Å². The van der Waals surface area contributed by atoms with Crippen molar-refractivity contribution in [2.75, 3.05) is 24.0 Å². The molecule has 0 saturated carbocycles. The second-order valence-corrected chi connectivity index (χ2v) is 5.20. The lowest BCUT2D eigenvalue weighted by Crippen LogP contribution is -2.30. The number of aryl methyl sites for hydroxylation is 1. The Kier molecular flexibility index (Phi) is 5.94. The number of carbonyl (C=O) groups excluding carboxylic acids is 1. The third-order valence-corrected chi connectivity index (χ3v) is 3.41. The molecule has 1 aromatic rings. The highest BCUT2D eigenvalue weighted by atomic mass is 32.2. The molecule has 1 unspecified atom stereocenters. The Hall–Kier alpha value is -1.27. The van der Waals surface area contributed by atoms with E-state index < -0.39 is 0 Å². The Balaban J connectivity index is 2.66. The van der Waals surface area contributed by atoms with E-state index in [0.29, 0.717) is 23.7 Å². The van der Waals surface area contributed by atoms with Gasteiger partial charge >= 0.3 is 0 Å². The molecular weight excluding hydrogens is 248 g/mol. The number of nitrogens with two attached hydrogens (primary N) is 1. The topological polar surface area (TPSA) is 80.0 Å². The number of nitrogen functional groups attached to an aromatic ring is 1. The number of hydrogen-bond acceptors (Lipinski definition) is 5. The van der Waals surface area contributed by atoms with E-state index in [0.717, 1.165) is 11.4 Å². The second-order valence-electron chi connectivity index (χ2n) is 4.29. The smallest absolute Gasteiger partial charge is 0.255 e. The third kappa shape index (κ3) is 4.19. The summed E-state index contributed by atoms with van der Waals surface area (Å²) in [5.74, 6) is 6.71. The Morgan fingerprint density at radius 2 is 2.33 bits per heavy atom. The molecule has 100 valence electrons. The summed E-state index contributed by atoms with van der Waals surface area (Å²) in [5.41, 5.74) is 4.41. The molecule has 5 nitrogen and oxygen atoms in total. The molecule has 4 N–H and O–H groups in total. The van der Waals surface area contributed by atoms with Crippen molar-refractivity contribution in [3.8, 4) is 0 Å². The van der Waals surface area contributed by atoms with Crippen molar-refractivity contribution < 1.29 is 4.79 Å². The van der Waals surface area contributed by atoms with Crippen molar-refractivity contribution in [1.82, 2.24) is 10.3 Å². The van der Waals surface area contributed by atoms with E-state index in [1.165, 1.54) is 0 Å². The molecule has 1 aromatic heterocycles. The molecular formula is C12H20N4OS.